The maximum Gasteiger partial charge on any atom is 0.220 e. The lowest BCUT2D eigenvalue weighted by molar-refractivity contribution is -0.119. The number of nitrogens with one attached hydrogen (secondary N) is 1. The lowest BCUT2D eigenvalue weighted by atomic mass is 9.92. The van der Waals surface area contributed by atoms with Crippen molar-refractivity contribution in [2.45, 2.75) is 38.8 Å². The zero-order valence-corrected chi connectivity index (χ0v) is 14.8. The SMILES string of the molecule is CCCOc1ccc2ccccc2c1CN1CC[C@@H]2NC(=O)C[C@@H]2C1. The molecule has 2 aliphatic heterocycles. The minimum Gasteiger partial charge on any atom is -0.493 e. The molecule has 0 saturated carbocycles. The van der Waals surface area contributed by atoms with Crippen LogP contribution in [0.15, 0.2) is 36.4 Å². The number of benzene rings is 2. The van der Waals surface area contributed by atoms with Gasteiger partial charge in [0.25, 0.3) is 0 Å². The largest absolute Gasteiger partial charge is 0.493 e. The van der Waals surface area contributed by atoms with Crippen molar-refractivity contribution in [3.05, 3.63) is 42.0 Å². The summed E-state index contributed by atoms with van der Waals surface area (Å²) in [4.78, 5) is 14.2. The summed E-state index contributed by atoms with van der Waals surface area (Å²) >= 11 is 0. The van der Waals surface area contributed by atoms with Gasteiger partial charge in [-0.05, 0) is 29.7 Å². The Balaban J connectivity index is 1.60. The number of amides is 1. The number of hydrogen-bond donors (Lipinski definition) is 1. The molecule has 0 aliphatic carbocycles. The second-order valence-electron chi connectivity index (χ2n) is 7.27. The molecule has 1 N–H and O–H groups in total. The summed E-state index contributed by atoms with van der Waals surface area (Å²) in [6.45, 7) is 5.78. The summed E-state index contributed by atoms with van der Waals surface area (Å²) < 4.78 is 6.05. The van der Waals surface area contributed by atoms with E-state index in [9.17, 15) is 4.79 Å². The van der Waals surface area contributed by atoms with Crippen molar-refractivity contribution in [2.24, 2.45) is 5.92 Å². The fourth-order valence-electron chi connectivity index (χ4n) is 4.20. The van der Waals surface area contributed by atoms with E-state index in [2.05, 4.69) is 53.5 Å². The van der Waals surface area contributed by atoms with Crippen LogP contribution in [0.25, 0.3) is 10.8 Å². The number of hydrogen-bond acceptors (Lipinski definition) is 3. The number of fused-ring (bicyclic) bond motifs is 2. The Labute approximate surface area is 149 Å². The quantitative estimate of drug-likeness (QED) is 0.909. The van der Waals surface area contributed by atoms with E-state index in [1.54, 1.807) is 0 Å². The summed E-state index contributed by atoms with van der Waals surface area (Å²) in [5, 5.41) is 5.65. The van der Waals surface area contributed by atoms with Gasteiger partial charge in [-0.2, -0.15) is 0 Å². The Morgan fingerprint density at radius 3 is 3.00 bits per heavy atom. The van der Waals surface area contributed by atoms with Gasteiger partial charge < -0.3 is 10.1 Å². The van der Waals surface area contributed by atoms with Gasteiger partial charge in [-0.25, -0.2) is 0 Å². The highest BCUT2D eigenvalue weighted by molar-refractivity contribution is 5.87. The van der Waals surface area contributed by atoms with Gasteiger partial charge in [-0.15, -0.1) is 0 Å². The Hall–Kier alpha value is -2.07. The maximum atomic E-state index is 11.7. The van der Waals surface area contributed by atoms with E-state index in [0.29, 0.717) is 18.4 Å². The van der Waals surface area contributed by atoms with Crippen molar-refractivity contribution in [3.8, 4) is 5.75 Å². The van der Waals surface area contributed by atoms with Crippen LogP contribution in [0.3, 0.4) is 0 Å². The summed E-state index contributed by atoms with van der Waals surface area (Å²) in [6.07, 6.45) is 2.73. The van der Waals surface area contributed by atoms with Crippen LogP contribution in [-0.2, 0) is 11.3 Å². The van der Waals surface area contributed by atoms with Crippen LogP contribution in [0.4, 0.5) is 0 Å². The first-order chi connectivity index (χ1) is 12.2. The normalized spacial score (nSPS) is 23.5. The lowest BCUT2D eigenvalue weighted by Gasteiger charge is -2.34. The van der Waals surface area contributed by atoms with E-state index in [1.807, 2.05) is 0 Å². The van der Waals surface area contributed by atoms with E-state index in [0.717, 1.165) is 44.8 Å². The summed E-state index contributed by atoms with van der Waals surface area (Å²) in [6, 6.07) is 13.2. The molecule has 132 valence electrons. The Kier molecular flexibility index (Phi) is 4.62. The van der Waals surface area contributed by atoms with Crippen molar-refractivity contribution in [1.29, 1.82) is 0 Å². The molecular weight excluding hydrogens is 312 g/mol. The predicted molar refractivity (Wildman–Crippen MR) is 99.7 cm³/mol. The molecular formula is C21H26N2O2. The molecule has 2 aromatic carbocycles. The molecule has 25 heavy (non-hydrogen) atoms. The molecule has 0 spiro atoms. The molecule has 0 aromatic heterocycles. The van der Waals surface area contributed by atoms with Gasteiger partial charge in [0, 0.05) is 43.6 Å². The van der Waals surface area contributed by atoms with E-state index < -0.39 is 0 Å². The first-order valence-electron chi connectivity index (χ1n) is 9.39. The molecule has 2 saturated heterocycles. The van der Waals surface area contributed by atoms with E-state index in [1.165, 1.54) is 16.3 Å². The van der Waals surface area contributed by atoms with Crippen LogP contribution in [0.5, 0.6) is 5.75 Å². The van der Waals surface area contributed by atoms with Gasteiger partial charge in [0.15, 0.2) is 0 Å². The van der Waals surface area contributed by atoms with Gasteiger partial charge in [-0.3, -0.25) is 9.69 Å². The van der Waals surface area contributed by atoms with Gasteiger partial charge in [-0.1, -0.05) is 37.3 Å². The molecule has 0 radical (unpaired) electrons. The summed E-state index contributed by atoms with van der Waals surface area (Å²) in [7, 11) is 0. The van der Waals surface area contributed by atoms with Crippen LogP contribution >= 0.6 is 0 Å². The molecule has 1 amide bonds. The van der Waals surface area contributed by atoms with Crippen LogP contribution in [-0.4, -0.2) is 36.5 Å². The Morgan fingerprint density at radius 1 is 1.24 bits per heavy atom. The highest BCUT2D eigenvalue weighted by atomic mass is 16.5. The van der Waals surface area contributed by atoms with Gasteiger partial charge in [0.2, 0.25) is 5.91 Å². The summed E-state index contributed by atoms with van der Waals surface area (Å²) in [5.74, 6) is 1.67. The molecule has 2 atom stereocenters. The van der Waals surface area contributed by atoms with Gasteiger partial charge in [0.05, 0.1) is 6.61 Å². The first kappa shape index (κ1) is 16.4. The molecule has 4 nitrogen and oxygen atoms in total. The van der Waals surface area contributed by atoms with Crippen molar-refractivity contribution in [1.82, 2.24) is 10.2 Å². The zero-order chi connectivity index (χ0) is 17.2. The van der Waals surface area contributed by atoms with Gasteiger partial charge >= 0.3 is 0 Å². The number of carbonyl (C=O) groups is 1. The molecule has 4 rings (SSSR count). The van der Waals surface area contributed by atoms with Crippen molar-refractivity contribution >= 4 is 16.7 Å². The van der Waals surface area contributed by atoms with E-state index in [-0.39, 0.29) is 5.91 Å². The lowest BCUT2D eigenvalue weighted by Crippen LogP contribution is -2.44. The highest BCUT2D eigenvalue weighted by Gasteiger charge is 2.36. The van der Waals surface area contributed by atoms with Gasteiger partial charge in [0.1, 0.15) is 5.75 Å². The molecule has 0 unspecified atom stereocenters. The second kappa shape index (κ2) is 7.04. The van der Waals surface area contributed by atoms with Crippen LogP contribution in [0.1, 0.15) is 31.7 Å². The molecule has 2 aromatic rings. The van der Waals surface area contributed by atoms with Crippen LogP contribution in [0, 0.1) is 5.92 Å². The van der Waals surface area contributed by atoms with Crippen molar-refractivity contribution in [3.63, 3.8) is 0 Å². The van der Waals surface area contributed by atoms with E-state index in [4.69, 9.17) is 4.74 Å². The third-order valence-corrected chi connectivity index (χ3v) is 5.45. The average Bonchev–Trinajstić information content (AvgIpc) is 3.00. The monoisotopic (exact) mass is 338 g/mol. The molecule has 2 heterocycles. The maximum absolute atomic E-state index is 11.7. The number of nitrogens with zero attached hydrogens (tertiary/aromatic N) is 1. The highest BCUT2D eigenvalue weighted by Crippen LogP contribution is 2.32. The van der Waals surface area contributed by atoms with Crippen molar-refractivity contribution < 1.29 is 9.53 Å². The molecule has 2 fully saturated rings. The number of carbonyl (C=O) groups excluding carboxylic acids is 1. The second-order valence-corrected chi connectivity index (χ2v) is 7.27. The zero-order valence-electron chi connectivity index (χ0n) is 14.8. The minimum atomic E-state index is 0.217. The van der Waals surface area contributed by atoms with Crippen LogP contribution < -0.4 is 10.1 Å². The smallest absolute Gasteiger partial charge is 0.220 e. The summed E-state index contributed by atoms with van der Waals surface area (Å²) in [5.41, 5.74) is 1.28. The number of rotatable bonds is 5. The fraction of sp³-hybridized carbons (Fsp3) is 0.476. The standard InChI is InChI=1S/C21H26N2O2/c1-2-11-25-20-8-7-15-5-3-4-6-17(15)18(20)14-23-10-9-19-16(13-23)12-21(24)22-19/h3-8,16,19H,2,9-14H2,1H3,(H,22,24)/t16-,19+/m1/s1. The molecule has 2 aliphatic rings. The third-order valence-electron chi connectivity index (χ3n) is 5.45. The number of likely N-dealkylation sites (tertiary alicyclic amines) is 1. The Morgan fingerprint density at radius 2 is 2.12 bits per heavy atom. The first-order valence-corrected chi connectivity index (χ1v) is 9.39. The fourth-order valence-corrected chi connectivity index (χ4v) is 4.20. The molecule has 0 bridgehead atoms. The van der Waals surface area contributed by atoms with Crippen LogP contribution in [0.2, 0.25) is 0 Å². The molecule has 4 heteroatoms. The predicted octanol–water partition coefficient (Wildman–Crippen LogP) is 3.34. The Bertz CT molecular complexity index is 774. The topological polar surface area (TPSA) is 41.6 Å². The number of ether oxygens (including phenoxy) is 1. The van der Waals surface area contributed by atoms with E-state index >= 15 is 0 Å². The van der Waals surface area contributed by atoms with Crippen molar-refractivity contribution in [2.75, 3.05) is 19.7 Å². The number of piperidine rings is 1. The third kappa shape index (κ3) is 3.36. The average molecular weight is 338 g/mol. The minimum absolute atomic E-state index is 0.217.